The number of aromatic nitrogens is 1. The first-order valence-electron chi connectivity index (χ1n) is 8.58. The van der Waals surface area contributed by atoms with E-state index in [0.717, 1.165) is 16.5 Å². The van der Waals surface area contributed by atoms with Crippen molar-refractivity contribution < 1.29 is 24.4 Å². The van der Waals surface area contributed by atoms with Crippen molar-refractivity contribution >= 4 is 23.0 Å². The second-order valence-electron chi connectivity index (χ2n) is 6.31. The minimum Gasteiger partial charge on any atom is -0.502 e. The van der Waals surface area contributed by atoms with E-state index in [-0.39, 0.29) is 30.4 Å². The van der Waals surface area contributed by atoms with E-state index in [4.69, 9.17) is 5.11 Å². The van der Waals surface area contributed by atoms with Gasteiger partial charge < -0.3 is 15.5 Å². The molecule has 0 fully saturated rings. The van der Waals surface area contributed by atoms with Crippen molar-refractivity contribution in [2.24, 2.45) is 7.05 Å². The molecule has 6 heteroatoms. The Labute approximate surface area is 156 Å². The maximum absolute atomic E-state index is 12.7. The quantitative estimate of drug-likeness (QED) is 0.476. The van der Waals surface area contributed by atoms with E-state index in [1.54, 1.807) is 17.7 Å². The molecule has 0 saturated carbocycles. The molecule has 27 heavy (non-hydrogen) atoms. The molecule has 1 aromatic heterocycles. The summed E-state index contributed by atoms with van der Waals surface area (Å²) in [4.78, 5) is 24.5. The third-order valence-corrected chi connectivity index (χ3v) is 4.69. The second-order valence-corrected chi connectivity index (χ2v) is 6.31. The first-order chi connectivity index (χ1) is 13.0. The second kappa shape index (κ2) is 7.55. The fraction of sp³-hybridized carbons (Fsp3) is 0.190. The van der Waals surface area contributed by atoms with Gasteiger partial charge in [-0.3, -0.25) is 9.59 Å². The number of nitrogens with one attached hydrogen (secondary N) is 1. The fourth-order valence-corrected chi connectivity index (χ4v) is 3.28. The summed E-state index contributed by atoms with van der Waals surface area (Å²) in [6.07, 6.45) is 2.08. The van der Waals surface area contributed by atoms with Crippen LogP contribution in [0.1, 0.15) is 26.4 Å². The molecule has 3 N–H and O–H groups in total. The third kappa shape index (κ3) is 3.27. The van der Waals surface area contributed by atoms with Gasteiger partial charge in [-0.25, -0.2) is 4.57 Å². The third-order valence-electron chi connectivity index (χ3n) is 4.69. The fourth-order valence-electron chi connectivity index (χ4n) is 3.28. The van der Waals surface area contributed by atoms with Crippen LogP contribution in [0.25, 0.3) is 21.9 Å². The Morgan fingerprint density at radius 1 is 1.19 bits per heavy atom. The van der Waals surface area contributed by atoms with Gasteiger partial charge in [0.25, 0.3) is 5.91 Å². The number of aliphatic hydroxyl groups excluding tert-OH is 1. The van der Waals surface area contributed by atoms with Gasteiger partial charge in [-0.15, -0.1) is 0 Å². The van der Waals surface area contributed by atoms with E-state index >= 15 is 0 Å². The average molecular weight is 365 g/mol. The van der Waals surface area contributed by atoms with Crippen molar-refractivity contribution in [3.63, 3.8) is 0 Å². The lowest BCUT2D eigenvalue weighted by Crippen LogP contribution is -2.33. The van der Waals surface area contributed by atoms with Crippen LogP contribution >= 0.6 is 0 Å². The SMILES string of the molecule is Cc1c(-c2c(C(=O)NCCO)ccc3ccccc23)c(C=O)c(O)c[n+]1C. The number of aryl methyl sites for hydroxylation is 1. The minimum absolute atomic E-state index is 0.123. The number of fused-ring (bicyclic) bond motifs is 1. The molecule has 6 nitrogen and oxygen atoms in total. The maximum atomic E-state index is 12.7. The van der Waals surface area contributed by atoms with Crippen LogP contribution in [0.15, 0.2) is 42.6 Å². The summed E-state index contributed by atoms with van der Waals surface area (Å²) in [6.45, 7) is 1.78. The lowest BCUT2D eigenvalue weighted by atomic mass is 9.89. The standard InChI is InChI=1S/C21H20N2O4/c1-13-19(17(12-25)18(26)11-23(13)2)20-15-6-4-3-5-14(15)7-8-16(20)21(27)22-9-10-24/h3-8,11-12,24H,9-10H2,1-2H3,(H-,22,25,26,27)/p+1. The summed E-state index contributed by atoms with van der Waals surface area (Å²) in [7, 11) is 1.77. The lowest BCUT2D eigenvalue weighted by molar-refractivity contribution is -0.677. The van der Waals surface area contributed by atoms with E-state index in [2.05, 4.69) is 5.32 Å². The zero-order chi connectivity index (χ0) is 19.6. The number of carbonyl (C=O) groups excluding carboxylic acids is 2. The molecule has 1 heterocycles. The highest BCUT2D eigenvalue weighted by molar-refractivity contribution is 6.12. The van der Waals surface area contributed by atoms with Crippen LogP contribution in [0.5, 0.6) is 5.75 Å². The highest BCUT2D eigenvalue weighted by Gasteiger charge is 2.26. The number of pyridine rings is 1. The summed E-state index contributed by atoms with van der Waals surface area (Å²) in [5, 5.41) is 23.7. The molecule has 0 saturated heterocycles. The van der Waals surface area contributed by atoms with Crippen molar-refractivity contribution in [3.05, 3.63) is 59.4 Å². The number of hydrogen-bond acceptors (Lipinski definition) is 4. The number of nitrogens with zero attached hydrogens (tertiary/aromatic N) is 1. The van der Waals surface area contributed by atoms with Crippen LogP contribution in [-0.2, 0) is 7.05 Å². The zero-order valence-electron chi connectivity index (χ0n) is 15.2. The molecule has 3 rings (SSSR count). The first kappa shape index (κ1) is 18.5. The van der Waals surface area contributed by atoms with Crippen LogP contribution in [0.3, 0.4) is 0 Å². The van der Waals surface area contributed by atoms with Gasteiger partial charge >= 0.3 is 0 Å². The number of aliphatic hydroxyl groups is 1. The summed E-state index contributed by atoms with van der Waals surface area (Å²) in [5.41, 5.74) is 2.34. The van der Waals surface area contributed by atoms with Gasteiger partial charge in [-0.2, -0.15) is 0 Å². The maximum Gasteiger partial charge on any atom is 0.252 e. The highest BCUT2D eigenvalue weighted by atomic mass is 16.3. The minimum atomic E-state index is -0.355. The topological polar surface area (TPSA) is 90.5 Å². The molecule has 0 aliphatic rings. The predicted molar refractivity (Wildman–Crippen MR) is 102 cm³/mol. The van der Waals surface area contributed by atoms with Crippen molar-refractivity contribution in [2.75, 3.05) is 13.2 Å². The molecule has 0 radical (unpaired) electrons. The van der Waals surface area contributed by atoms with Gasteiger partial charge in [0, 0.05) is 24.6 Å². The van der Waals surface area contributed by atoms with E-state index < -0.39 is 0 Å². The van der Waals surface area contributed by atoms with Crippen LogP contribution in [0, 0.1) is 6.92 Å². The van der Waals surface area contributed by atoms with Crippen LogP contribution in [0.2, 0.25) is 0 Å². The molecule has 0 unspecified atom stereocenters. The molecule has 1 amide bonds. The molecule has 138 valence electrons. The molecule has 0 aliphatic carbocycles. The Hall–Kier alpha value is -3.25. The van der Waals surface area contributed by atoms with Gasteiger partial charge in [0.1, 0.15) is 7.05 Å². The Bertz CT molecular complexity index is 1040. The zero-order valence-corrected chi connectivity index (χ0v) is 15.2. The molecule has 3 aromatic rings. The number of aldehydes is 1. The number of hydrogen-bond donors (Lipinski definition) is 3. The molecule has 0 aliphatic heterocycles. The van der Waals surface area contributed by atoms with E-state index in [1.807, 2.05) is 37.3 Å². The van der Waals surface area contributed by atoms with Crippen LogP contribution in [-0.4, -0.2) is 35.6 Å². The summed E-state index contributed by atoms with van der Waals surface area (Å²) < 4.78 is 1.72. The van der Waals surface area contributed by atoms with Gasteiger partial charge in [0.15, 0.2) is 17.7 Å². The summed E-state index contributed by atoms with van der Waals surface area (Å²) in [5.74, 6) is -0.505. The molecular weight excluding hydrogens is 344 g/mol. The number of aromatic hydroxyl groups is 1. The van der Waals surface area contributed by atoms with Crippen molar-refractivity contribution in [1.82, 2.24) is 5.32 Å². The monoisotopic (exact) mass is 365 g/mol. The van der Waals surface area contributed by atoms with Crippen molar-refractivity contribution in [2.45, 2.75) is 6.92 Å². The van der Waals surface area contributed by atoms with E-state index in [9.17, 15) is 14.7 Å². The van der Waals surface area contributed by atoms with Gasteiger partial charge in [0.05, 0.1) is 17.7 Å². The average Bonchev–Trinajstić information content (AvgIpc) is 2.68. The Morgan fingerprint density at radius 3 is 2.63 bits per heavy atom. The highest BCUT2D eigenvalue weighted by Crippen LogP contribution is 2.37. The molecule has 0 atom stereocenters. The van der Waals surface area contributed by atoms with Crippen molar-refractivity contribution in [3.8, 4) is 16.9 Å². The molecule has 0 spiro atoms. The Balaban J connectivity index is 2.43. The number of carbonyl (C=O) groups is 2. The van der Waals surface area contributed by atoms with E-state index in [0.29, 0.717) is 23.0 Å². The molecule has 0 bridgehead atoms. The molecular formula is C21H21N2O4+. The predicted octanol–water partition coefficient (Wildman–Crippen LogP) is 1.88. The van der Waals surface area contributed by atoms with Crippen molar-refractivity contribution in [1.29, 1.82) is 0 Å². The largest absolute Gasteiger partial charge is 0.502 e. The van der Waals surface area contributed by atoms with Gasteiger partial charge in [-0.1, -0.05) is 30.3 Å². The summed E-state index contributed by atoms with van der Waals surface area (Å²) in [6, 6.07) is 11.1. The number of benzene rings is 2. The van der Waals surface area contributed by atoms with Gasteiger partial charge in [0.2, 0.25) is 6.20 Å². The smallest absolute Gasteiger partial charge is 0.252 e. The Morgan fingerprint density at radius 2 is 1.93 bits per heavy atom. The van der Waals surface area contributed by atoms with Crippen LogP contribution < -0.4 is 9.88 Å². The van der Waals surface area contributed by atoms with E-state index in [1.165, 1.54) is 6.20 Å². The van der Waals surface area contributed by atoms with Gasteiger partial charge in [-0.05, 0) is 16.8 Å². The number of rotatable bonds is 5. The first-order valence-corrected chi connectivity index (χ1v) is 8.58. The van der Waals surface area contributed by atoms with Crippen LogP contribution in [0.4, 0.5) is 0 Å². The molecule has 2 aromatic carbocycles. The summed E-state index contributed by atoms with van der Waals surface area (Å²) >= 11 is 0. The number of amides is 1. The lowest BCUT2D eigenvalue weighted by Gasteiger charge is -2.16. The normalized spacial score (nSPS) is 10.8. The Kier molecular flexibility index (Phi) is 5.19.